The smallest absolute Gasteiger partial charge is 0.0895 e. The van der Waals surface area contributed by atoms with Gasteiger partial charge in [0.25, 0.3) is 0 Å². The van der Waals surface area contributed by atoms with Gasteiger partial charge >= 0.3 is 0 Å². The van der Waals surface area contributed by atoms with Crippen LogP contribution in [0.25, 0.3) is 0 Å². The van der Waals surface area contributed by atoms with E-state index in [1.807, 2.05) is 26.8 Å². The van der Waals surface area contributed by atoms with E-state index in [0.29, 0.717) is 12.8 Å². The number of hydrogen-bond donors (Lipinski definition) is 2. The largest absolute Gasteiger partial charge is 0.389 e. The maximum absolute atomic E-state index is 10.2. The monoisotopic (exact) mass is 252 g/mol. The summed E-state index contributed by atoms with van der Waals surface area (Å²) in [7, 11) is 0. The number of hydrogen-bond acceptors (Lipinski definition) is 3. The van der Waals surface area contributed by atoms with Crippen LogP contribution in [0.15, 0.2) is 23.8 Å². The van der Waals surface area contributed by atoms with Gasteiger partial charge < -0.3 is 14.9 Å². The molecule has 0 aromatic carbocycles. The first-order valence-corrected chi connectivity index (χ1v) is 6.70. The van der Waals surface area contributed by atoms with Crippen LogP contribution in [0.4, 0.5) is 0 Å². The molecule has 4 atom stereocenters. The minimum atomic E-state index is -0.527. The molecule has 1 heterocycles. The topological polar surface area (TPSA) is 53.0 Å². The molecule has 2 N–H and O–H groups in total. The van der Waals surface area contributed by atoms with E-state index in [-0.39, 0.29) is 23.7 Å². The lowest BCUT2D eigenvalue weighted by Gasteiger charge is -2.28. The predicted octanol–water partition coefficient (Wildman–Crippen LogP) is 2.19. The molecule has 2 rings (SSSR count). The Balaban J connectivity index is 1.88. The van der Waals surface area contributed by atoms with Crippen LogP contribution in [0.2, 0.25) is 0 Å². The van der Waals surface area contributed by atoms with E-state index in [9.17, 15) is 10.2 Å². The number of epoxide rings is 1. The van der Waals surface area contributed by atoms with Crippen molar-refractivity contribution >= 4 is 0 Å². The Labute approximate surface area is 109 Å². The van der Waals surface area contributed by atoms with Gasteiger partial charge in [0.1, 0.15) is 0 Å². The fourth-order valence-corrected chi connectivity index (χ4v) is 2.61. The van der Waals surface area contributed by atoms with Crippen LogP contribution in [0.3, 0.4) is 0 Å². The van der Waals surface area contributed by atoms with Gasteiger partial charge in [-0.15, -0.1) is 0 Å². The number of ether oxygens (including phenoxy) is 1. The van der Waals surface area contributed by atoms with Gasteiger partial charge in [-0.2, -0.15) is 0 Å². The Morgan fingerprint density at radius 2 is 2.22 bits per heavy atom. The zero-order chi connectivity index (χ0) is 13.5. The zero-order valence-corrected chi connectivity index (χ0v) is 11.5. The molecule has 1 aliphatic heterocycles. The lowest BCUT2D eigenvalue weighted by atomic mass is 9.81. The molecule has 0 radical (unpaired) electrons. The van der Waals surface area contributed by atoms with Gasteiger partial charge in [0, 0.05) is 6.42 Å². The van der Waals surface area contributed by atoms with Crippen LogP contribution in [0, 0.1) is 5.92 Å². The lowest BCUT2D eigenvalue weighted by Crippen LogP contribution is -2.26. The van der Waals surface area contributed by atoms with Gasteiger partial charge in [0.2, 0.25) is 0 Å². The van der Waals surface area contributed by atoms with E-state index >= 15 is 0 Å². The van der Waals surface area contributed by atoms with Crippen molar-refractivity contribution in [2.24, 2.45) is 5.92 Å². The van der Waals surface area contributed by atoms with Crippen LogP contribution >= 0.6 is 0 Å². The molecule has 3 heteroatoms. The second kappa shape index (κ2) is 4.80. The van der Waals surface area contributed by atoms with Gasteiger partial charge in [0.15, 0.2) is 0 Å². The summed E-state index contributed by atoms with van der Waals surface area (Å²) in [5.74, 6) is 0.181. The number of allylic oxidation sites excluding steroid dienone is 1. The summed E-state index contributed by atoms with van der Waals surface area (Å²) in [4.78, 5) is 0. The van der Waals surface area contributed by atoms with Crippen molar-refractivity contribution in [1.29, 1.82) is 0 Å². The molecular formula is C15H24O3. The SMILES string of the molecule is C=C([C@H]1CC=C(C)[C@@H](O)C1)[C@@H](O)CC1OC1(C)C. The summed E-state index contributed by atoms with van der Waals surface area (Å²) < 4.78 is 5.49. The molecule has 0 aromatic rings. The Morgan fingerprint density at radius 3 is 2.72 bits per heavy atom. The third kappa shape index (κ3) is 2.85. The summed E-state index contributed by atoms with van der Waals surface area (Å²) in [6, 6.07) is 0. The molecule has 1 fully saturated rings. The Morgan fingerprint density at radius 1 is 1.61 bits per heavy atom. The van der Waals surface area contributed by atoms with Crippen LogP contribution in [-0.4, -0.2) is 34.1 Å². The summed E-state index contributed by atoms with van der Waals surface area (Å²) in [5, 5.41) is 20.0. The van der Waals surface area contributed by atoms with E-state index in [1.54, 1.807) is 0 Å². The van der Waals surface area contributed by atoms with E-state index in [1.165, 1.54) is 0 Å². The van der Waals surface area contributed by atoms with Crippen LogP contribution in [0.1, 0.15) is 40.0 Å². The van der Waals surface area contributed by atoms with Gasteiger partial charge in [-0.1, -0.05) is 12.7 Å². The van der Waals surface area contributed by atoms with Crippen molar-refractivity contribution in [1.82, 2.24) is 0 Å². The highest BCUT2D eigenvalue weighted by Gasteiger charge is 2.48. The van der Waals surface area contributed by atoms with Crippen molar-refractivity contribution in [2.45, 2.75) is 63.9 Å². The van der Waals surface area contributed by atoms with Crippen LogP contribution in [-0.2, 0) is 4.74 Å². The maximum Gasteiger partial charge on any atom is 0.0895 e. The summed E-state index contributed by atoms with van der Waals surface area (Å²) >= 11 is 0. The van der Waals surface area contributed by atoms with Gasteiger partial charge in [-0.05, 0) is 50.7 Å². The highest BCUT2D eigenvalue weighted by molar-refractivity contribution is 5.18. The second-order valence-corrected chi connectivity index (χ2v) is 6.17. The first-order valence-electron chi connectivity index (χ1n) is 6.70. The molecule has 3 nitrogen and oxygen atoms in total. The minimum absolute atomic E-state index is 0.0934. The molecule has 1 aliphatic carbocycles. The standard InChI is InChI=1S/C15H24O3/c1-9-5-6-11(7-12(9)16)10(2)13(17)8-14-15(3,4)18-14/h5,11-14,16-17H,2,6-8H2,1,3-4H3/t11-,12-,13-,14?/m0/s1. The quantitative estimate of drug-likeness (QED) is 0.595. The molecule has 0 spiro atoms. The van der Waals surface area contributed by atoms with Crippen LogP contribution < -0.4 is 0 Å². The van der Waals surface area contributed by atoms with Gasteiger partial charge in [-0.3, -0.25) is 0 Å². The number of aliphatic hydroxyl groups is 2. The molecule has 18 heavy (non-hydrogen) atoms. The van der Waals surface area contributed by atoms with Gasteiger partial charge in [-0.25, -0.2) is 0 Å². The van der Waals surface area contributed by atoms with Gasteiger partial charge in [0.05, 0.1) is 23.9 Å². The average Bonchev–Trinajstić information content (AvgIpc) is 2.89. The van der Waals surface area contributed by atoms with Crippen LogP contribution in [0.5, 0.6) is 0 Å². The third-order valence-corrected chi connectivity index (χ3v) is 4.31. The fourth-order valence-electron chi connectivity index (χ4n) is 2.61. The highest BCUT2D eigenvalue weighted by atomic mass is 16.6. The predicted molar refractivity (Wildman–Crippen MR) is 71.2 cm³/mol. The molecule has 2 aliphatic rings. The first kappa shape index (κ1) is 13.8. The Kier molecular flexibility index (Phi) is 3.67. The molecule has 0 bridgehead atoms. The summed E-state index contributed by atoms with van der Waals surface area (Å²) in [5.41, 5.74) is 1.77. The summed E-state index contributed by atoms with van der Waals surface area (Å²) in [6.07, 6.45) is 3.42. The zero-order valence-electron chi connectivity index (χ0n) is 11.5. The normalized spacial score (nSPS) is 35.8. The molecule has 0 amide bonds. The van der Waals surface area contributed by atoms with E-state index < -0.39 is 6.10 Å². The highest BCUT2D eigenvalue weighted by Crippen LogP contribution is 2.40. The number of rotatable bonds is 4. The molecule has 102 valence electrons. The van der Waals surface area contributed by atoms with E-state index in [4.69, 9.17) is 4.74 Å². The molecule has 0 aromatic heterocycles. The summed E-state index contributed by atoms with van der Waals surface area (Å²) in [6.45, 7) is 10.0. The third-order valence-electron chi connectivity index (χ3n) is 4.31. The van der Waals surface area contributed by atoms with Crippen molar-refractivity contribution < 1.29 is 14.9 Å². The maximum atomic E-state index is 10.2. The average molecular weight is 252 g/mol. The molecular weight excluding hydrogens is 228 g/mol. The molecule has 1 saturated heterocycles. The second-order valence-electron chi connectivity index (χ2n) is 6.17. The Bertz CT molecular complexity index is 370. The molecule has 1 unspecified atom stereocenters. The molecule has 0 saturated carbocycles. The lowest BCUT2D eigenvalue weighted by molar-refractivity contribution is 0.144. The van der Waals surface area contributed by atoms with Crippen molar-refractivity contribution in [3.05, 3.63) is 23.8 Å². The Hall–Kier alpha value is -0.640. The van der Waals surface area contributed by atoms with Crippen molar-refractivity contribution in [3.8, 4) is 0 Å². The first-order chi connectivity index (χ1) is 8.31. The van der Waals surface area contributed by atoms with E-state index in [0.717, 1.165) is 17.6 Å². The van der Waals surface area contributed by atoms with Crippen molar-refractivity contribution in [2.75, 3.05) is 0 Å². The fraction of sp³-hybridized carbons (Fsp3) is 0.733. The number of aliphatic hydroxyl groups excluding tert-OH is 2. The van der Waals surface area contributed by atoms with Crippen molar-refractivity contribution in [3.63, 3.8) is 0 Å². The minimum Gasteiger partial charge on any atom is -0.389 e. The van der Waals surface area contributed by atoms with E-state index in [2.05, 4.69) is 6.58 Å².